The number of phenolic OH excluding ortho intramolecular Hbond substituents is 1. The maximum absolute atomic E-state index is 9.85. The zero-order valence-electron chi connectivity index (χ0n) is 10.8. The number of phenols is 1. The summed E-state index contributed by atoms with van der Waals surface area (Å²) < 4.78 is 10.2. The molecule has 1 aromatic rings. The number of benzene rings is 1. The van der Waals surface area contributed by atoms with E-state index in [1.807, 2.05) is 19.1 Å². The van der Waals surface area contributed by atoms with Crippen molar-refractivity contribution in [2.24, 2.45) is 0 Å². The summed E-state index contributed by atoms with van der Waals surface area (Å²) >= 11 is 0. The fourth-order valence-corrected chi connectivity index (χ4v) is 1.64. The first kappa shape index (κ1) is 14.8. The predicted octanol–water partition coefficient (Wildman–Crippen LogP) is 1.06. The monoisotopic (exact) mass is 255 g/mol. The molecule has 1 rings (SSSR count). The topological polar surface area (TPSA) is 71.0 Å². The molecule has 1 aromatic carbocycles. The Kier molecular flexibility index (Phi) is 6.49. The molecule has 1 atom stereocenters. The number of hydrogen-bond acceptors (Lipinski definition) is 5. The number of nitrogens with one attached hydrogen (secondary N) is 1. The van der Waals surface area contributed by atoms with Crippen molar-refractivity contribution in [3.63, 3.8) is 0 Å². The van der Waals surface area contributed by atoms with Crippen molar-refractivity contribution in [3.05, 3.63) is 23.8 Å². The second-order valence-electron chi connectivity index (χ2n) is 3.94. The average Bonchev–Trinajstić information content (AvgIpc) is 2.38. The predicted molar refractivity (Wildman–Crippen MR) is 69.0 cm³/mol. The summed E-state index contributed by atoms with van der Waals surface area (Å²) in [5.74, 6) is 0.848. The first-order valence-corrected chi connectivity index (χ1v) is 5.98. The van der Waals surface area contributed by atoms with E-state index >= 15 is 0 Å². The van der Waals surface area contributed by atoms with Gasteiger partial charge in [-0.05, 0) is 13.0 Å². The van der Waals surface area contributed by atoms with Crippen molar-refractivity contribution >= 4 is 0 Å². The number of aliphatic hydroxyl groups is 1. The fourth-order valence-electron chi connectivity index (χ4n) is 1.64. The van der Waals surface area contributed by atoms with Gasteiger partial charge in [-0.25, -0.2) is 0 Å². The largest absolute Gasteiger partial charge is 0.507 e. The molecular formula is C13H21NO4. The Morgan fingerprint density at radius 1 is 1.33 bits per heavy atom. The van der Waals surface area contributed by atoms with Crippen molar-refractivity contribution < 1.29 is 19.7 Å². The fraction of sp³-hybridized carbons (Fsp3) is 0.538. The molecule has 0 heterocycles. The SMILES string of the molecule is COc1ccc(C(C)NCCOCCO)c(O)c1. The third kappa shape index (κ3) is 4.52. The summed E-state index contributed by atoms with van der Waals surface area (Å²) in [6.07, 6.45) is 0. The van der Waals surface area contributed by atoms with Crippen LogP contribution in [0.15, 0.2) is 18.2 Å². The molecule has 18 heavy (non-hydrogen) atoms. The van der Waals surface area contributed by atoms with Gasteiger partial charge in [-0.1, -0.05) is 6.07 Å². The molecule has 0 aliphatic rings. The Labute approximate surface area is 107 Å². The van der Waals surface area contributed by atoms with Crippen molar-refractivity contribution in [3.8, 4) is 11.5 Å². The van der Waals surface area contributed by atoms with Gasteiger partial charge in [0, 0.05) is 24.2 Å². The second-order valence-corrected chi connectivity index (χ2v) is 3.94. The molecule has 0 spiro atoms. The van der Waals surface area contributed by atoms with Gasteiger partial charge in [0.1, 0.15) is 11.5 Å². The standard InChI is InChI=1S/C13H21NO4/c1-10(14-5-7-18-8-6-15)12-4-3-11(17-2)9-13(12)16/h3-4,9-10,14-16H,5-8H2,1-2H3. The van der Waals surface area contributed by atoms with Crippen LogP contribution < -0.4 is 10.1 Å². The smallest absolute Gasteiger partial charge is 0.124 e. The zero-order valence-corrected chi connectivity index (χ0v) is 10.8. The first-order valence-electron chi connectivity index (χ1n) is 5.98. The third-order valence-corrected chi connectivity index (χ3v) is 2.64. The van der Waals surface area contributed by atoms with E-state index in [9.17, 15) is 5.11 Å². The number of methoxy groups -OCH3 is 1. The van der Waals surface area contributed by atoms with Gasteiger partial charge in [-0.15, -0.1) is 0 Å². The minimum Gasteiger partial charge on any atom is -0.507 e. The molecule has 0 fully saturated rings. The maximum Gasteiger partial charge on any atom is 0.124 e. The van der Waals surface area contributed by atoms with E-state index in [0.29, 0.717) is 25.5 Å². The lowest BCUT2D eigenvalue weighted by molar-refractivity contribution is 0.0928. The van der Waals surface area contributed by atoms with Crippen LogP contribution in [0.2, 0.25) is 0 Å². The molecule has 5 nitrogen and oxygen atoms in total. The quantitative estimate of drug-likeness (QED) is 0.606. The van der Waals surface area contributed by atoms with Crippen molar-refractivity contribution in [1.29, 1.82) is 0 Å². The molecule has 0 bridgehead atoms. The number of rotatable bonds is 8. The lowest BCUT2D eigenvalue weighted by Crippen LogP contribution is -2.23. The van der Waals surface area contributed by atoms with E-state index in [2.05, 4.69) is 5.32 Å². The van der Waals surface area contributed by atoms with Gasteiger partial charge >= 0.3 is 0 Å². The number of aliphatic hydroxyl groups excluding tert-OH is 1. The molecule has 0 amide bonds. The molecular weight excluding hydrogens is 234 g/mol. The van der Waals surface area contributed by atoms with Crippen LogP contribution in [0.3, 0.4) is 0 Å². The molecule has 0 radical (unpaired) electrons. The van der Waals surface area contributed by atoms with Gasteiger partial charge in [0.2, 0.25) is 0 Å². The highest BCUT2D eigenvalue weighted by atomic mass is 16.5. The molecule has 0 aromatic heterocycles. The highest BCUT2D eigenvalue weighted by molar-refractivity contribution is 5.41. The molecule has 102 valence electrons. The van der Waals surface area contributed by atoms with Crippen LogP contribution >= 0.6 is 0 Å². The summed E-state index contributed by atoms with van der Waals surface area (Å²) in [6.45, 7) is 3.54. The summed E-state index contributed by atoms with van der Waals surface area (Å²) in [4.78, 5) is 0. The van der Waals surface area contributed by atoms with Gasteiger partial charge in [-0.2, -0.15) is 0 Å². The molecule has 0 aliphatic carbocycles. The van der Waals surface area contributed by atoms with E-state index in [-0.39, 0.29) is 18.4 Å². The van der Waals surface area contributed by atoms with Gasteiger partial charge in [0.05, 0.1) is 26.9 Å². The van der Waals surface area contributed by atoms with Crippen LogP contribution in [0.25, 0.3) is 0 Å². The summed E-state index contributed by atoms with van der Waals surface area (Å²) in [5.41, 5.74) is 0.818. The first-order chi connectivity index (χ1) is 8.69. The third-order valence-electron chi connectivity index (χ3n) is 2.64. The average molecular weight is 255 g/mol. The van der Waals surface area contributed by atoms with Crippen molar-refractivity contribution in [2.45, 2.75) is 13.0 Å². The summed E-state index contributed by atoms with van der Waals surface area (Å²) in [7, 11) is 1.56. The molecule has 0 saturated heterocycles. The lowest BCUT2D eigenvalue weighted by Gasteiger charge is -2.16. The highest BCUT2D eigenvalue weighted by Gasteiger charge is 2.10. The van der Waals surface area contributed by atoms with E-state index in [1.54, 1.807) is 13.2 Å². The van der Waals surface area contributed by atoms with Crippen molar-refractivity contribution in [1.82, 2.24) is 5.32 Å². The Bertz CT molecular complexity index is 357. The van der Waals surface area contributed by atoms with Crippen LogP contribution in [0.1, 0.15) is 18.5 Å². The normalized spacial score (nSPS) is 12.4. The Morgan fingerprint density at radius 3 is 2.72 bits per heavy atom. The highest BCUT2D eigenvalue weighted by Crippen LogP contribution is 2.27. The van der Waals surface area contributed by atoms with E-state index in [0.717, 1.165) is 5.56 Å². The second kappa shape index (κ2) is 7.92. The number of hydrogen-bond donors (Lipinski definition) is 3. The van der Waals surface area contributed by atoms with Crippen LogP contribution in [0.4, 0.5) is 0 Å². The number of ether oxygens (including phenoxy) is 2. The molecule has 0 aliphatic heterocycles. The van der Waals surface area contributed by atoms with Crippen LogP contribution in [-0.2, 0) is 4.74 Å². The summed E-state index contributed by atoms with van der Waals surface area (Å²) in [6, 6.07) is 5.26. The molecule has 0 saturated carbocycles. The minimum absolute atomic E-state index is 0.0219. The van der Waals surface area contributed by atoms with Gasteiger partial charge in [0.15, 0.2) is 0 Å². The van der Waals surface area contributed by atoms with Gasteiger partial charge in [-0.3, -0.25) is 0 Å². The van der Waals surface area contributed by atoms with Crippen LogP contribution in [0.5, 0.6) is 11.5 Å². The molecule has 1 unspecified atom stereocenters. The summed E-state index contributed by atoms with van der Waals surface area (Å²) in [5, 5.41) is 21.6. The van der Waals surface area contributed by atoms with Crippen LogP contribution in [-0.4, -0.2) is 43.7 Å². The van der Waals surface area contributed by atoms with Gasteiger partial charge < -0.3 is 25.0 Å². The number of aromatic hydroxyl groups is 1. The molecule has 5 heteroatoms. The molecule has 3 N–H and O–H groups in total. The minimum atomic E-state index is 0.0219. The lowest BCUT2D eigenvalue weighted by atomic mass is 10.1. The van der Waals surface area contributed by atoms with Crippen molar-refractivity contribution in [2.75, 3.05) is 33.5 Å². The van der Waals surface area contributed by atoms with Gasteiger partial charge in [0.25, 0.3) is 0 Å². The van der Waals surface area contributed by atoms with E-state index in [4.69, 9.17) is 14.6 Å². The van der Waals surface area contributed by atoms with E-state index in [1.165, 1.54) is 0 Å². The Hall–Kier alpha value is -1.30. The van der Waals surface area contributed by atoms with E-state index < -0.39 is 0 Å². The zero-order chi connectivity index (χ0) is 13.4. The maximum atomic E-state index is 9.85. The van der Waals surface area contributed by atoms with Crippen LogP contribution in [0, 0.1) is 0 Å². The Balaban J connectivity index is 2.43. The Morgan fingerprint density at radius 2 is 2.11 bits per heavy atom.